The summed E-state index contributed by atoms with van der Waals surface area (Å²) in [7, 11) is 0. The van der Waals surface area contributed by atoms with E-state index in [4.69, 9.17) is 14.3 Å². The minimum atomic E-state index is -0.889. The SMILES string of the molecule is O=C(Cl)Cl.c1cc2c(cc1C1CC1)OCO2. The van der Waals surface area contributed by atoms with Crippen LogP contribution in [0.2, 0.25) is 0 Å². The van der Waals surface area contributed by atoms with Crippen molar-refractivity contribution < 1.29 is 14.3 Å². The third-order valence-electron chi connectivity index (χ3n) is 2.45. The van der Waals surface area contributed by atoms with Gasteiger partial charge in [-0.2, -0.15) is 0 Å². The van der Waals surface area contributed by atoms with Gasteiger partial charge in [-0.15, -0.1) is 0 Å². The lowest BCUT2D eigenvalue weighted by atomic mass is 10.1. The van der Waals surface area contributed by atoms with E-state index in [-0.39, 0.29) is 0 Å². The summed E-state index contributed by atoms with van der Waals surface area (Å²) in [6, 6.07) is 6.27. The molecule has 1 aromatic rings. The lowest BCUT2D eigenvalue weighted by Crippen LogP contribution is -1.92. The van der Waals surface area contributed by atoms with E-state index in [0.717, 1.165) is 17.4 Å². The zero-order valence-corrected chi connectivity index (χ0v) is 9.92. The van der Waals surface area contributed by atoms with Crippen LogP contribution in [0.1, 0.15) is 24.3 Å². The molecule has 1 aliphatic carbocycles. The standard InChI is InChI=1S/C10H10O2.CCl2O/c1-2-7(1)8-3-4-9-10(5-8)12-6-11-9;2-1(3)4/h3-5,7H,1-2,6H2;. The van der Waals surface area contributed by atoms with E-state index >= 15 is 0 Å². The van der Waals surface area contributed by atoms with E-state index in [2.05, 4.69) is 35.3 Å². The van der Waals surface area contributed by atoms with Crippen LogP contribution in [0.25, 0.3) is 0 Å². The van der Waals surface area contributed by atoms with Gasteiger partial charge >= 0.3 is 4.70 Å². The number of rotatable bonds is 1. The Labute approximate surface area is 103 Å². The number of hydrogen-bond acceptors (Lipinski definition) is 3. The van der Waals surface area contributed by atoms with Crippen molar-refractivity contribution in [2.24, 2.45) is 0 Å². The van der Waals surface area contributed by atoms with Crippen LogP contribution in [0.15, 0.2) is 18.2 Å². The van der Waals surface area contributed by atoms with E-state index in [9.17, 15) is 0 Å². The van der Waals surface area contributed by atoms with Gasteiger partial charge in [0.15, 0.2) is 11.5 Å². The van der Waals surface area contributed by atoms with Crippen LogP contribution in [0.5, 0.6) is 11.5 Å². The number of benzene rings is 1. The molecule has 0 atom stereocenters. The maximum atomic E-state index is 8.98. The smallest absolute Gasteiger partial charge is 0.313 e. The Balaban J connectivity index is 0.000000212. The molecule has 1 heterocycles. The molecular weight excluding hydrogens is 251 g/mol. The van der Waals surface area contributed by atoms with Crippen LogP contribution in [-0.2, 0) is 0 Å². The first-order chi connectivity index (χ1) is 7.66. The minimum Gasteiger partial charge on any atom is -0.454 e. The molecule has 2 aliphatic rings. The molecule has 0 bridgehead atoms. The van der Waals surface area contributed by atoms with Crippen molar-refractivity contribution in [2.75, 3.05) is 6.79 Å². The fourth-order valence-electron chi connectivity index (χ4n) is 1.58. The molecule has 1 saturated carbocycles. The Hall–Kier alpha value is -0.930. The highest BCUT2D eigenvalue weighted by molar-refractivity contribution is 6.93. The third-order valence-corrected chi connectivity index (χ3v) is 2.45. The fraction of sp³-hybridized carbons (Fsp3) is 0.364. The van der Waals surface area contributed by atoms with Gasteiger partial charge in [-0.05, 0) is 59.7 Å². The third kappa shape index (κ3) is 3.03. The second kappa shape index (κ2) is 4.93. The van der Waals surface area contributed by atoms with Gasteiger partial charge in [-0.3, -0.25) is 4.79 Å². The van der Waals surface area contributed by atoms with Crippen LogP contribution < -0.4 is 9.47 Å². The Morgan fingerprint density at radius 1 is 1.19 bits per heavy atom. The van der Waals surface area contributed by atoms with Gasteiger partial charge < -0.3 is 9.47 Å². The topological polar surface area (TPSA) is 35.5 Å². The summed E-state index contributed by atoms with van der Waals surface area (Å²) in [5.41, 5.74) is 1.40. The van der Waals surface area contributed by atoms with Crippen molar-refractivity contribution in [3.8, 4) is 11.5 Å². The molecule has 1 aliphatic heterocycles. The second-order valence-corrected chi connectivity index (χ2v) is 4.49. The van der Waals surface area contributed by atoms with Crippen LogP contribution in [0.3, 0.4) is 0 Å². The molecule has 1 fully saturated rings. The predicted molar refractivity (Wildman–Crippen MR) is 61.6 cm³/mol. The Morgan fingerprint density at radius 3 is 2.44 bits per heavy atom. The Morgan fingerprint density at radius 2 is 1.81 bits per heavy atom. The van der Waals surface area contributed by atoms with Crippen molar-refractivity contribution in [3.63, 3.8) is 0 Å². The largest absolute Gasteiger partial charge is 0.454 e. The van der Waals surface area contributed by atoms with E-state index in [1.807, 2.05) is 6.07 Å². The number of hydrogen-bond donors (Lipinski definition) is 0. The van der Waals surface area contributed by atoms with Gasteiger partial charge in [0.1, 0.15) is 0 Å². The zero-order chi connectivity index (χ0) is 11.5. The number of carbonyl (C=O) groups excluding carboxylic acids is 1. The normalized spacial score (nSPS) is 16.4. The van der Waals surface area contributed by atoms with Crippen molar-refractivity contribution in [1.82, 2.24) is 0 Å². The molecule has 5 heteroatoms. The van der Waals surface area contributed by atoms with E-state index in [0.29, 0.717) is 6.79 Å². The van der Waals surface area contributed by atoms with E-state index in [1.165, 1.54) is 18.4 Å². The summed E-state index contributed by atoms with van der Waals surface area (Å²) in [6.45, 7) is 0.378. The highest BCUT2D eigenvalue weighted by Crippen LogP contribution is 2.43. The Kier molecular flexibility index (Phi) is 3.56. The maximum absolute atomic E-state index is 8.98. The molecule has 1 aromatic carbocycles. The maximum Gasteiger partial charge on any atom is 0.313 e. The van der Waals surface area contributed by atoms with Crippen molar-refractivity contribution in [3.05, 3.63) is 23.8 Å². The summed E-state index contributed by atoms with van der Waals surface area (Å²) >= 11 is 8.80. The van der Waals surface area contributed by atoms with Crippen LogP contribution in [-0.4, -0.2) is 11.5 Å². The molecule has 0 spiro atoms. The molecule has 0 aromatic heterocycles. The first-order valence-corrected chi connectivity index (χ1v) is 5.67. The van der Waals surface area contributed by atoms with E-state index < -0.39 is 4.70 Å². The molecule has 0 N–H and O–H groups in total. The van der Waals surface area contributed by atoms with Gasteiger partial charge in [0, 0.05) is 0 Å². The lowest BCUT2D eigenvalue weighted by Gasteiger charge is -1.99. The predicted octanol–water partition coefficient (Wildman–Crippen LogP) is 3.88. The highest BCUT2D eigenvalue weighted by atomic mass is 35.5. The average molecular weight is 261 g/mol. The molecule has 3 rings (SSSR count). The minimum absolute atomic E-state index is 0.378. The molecular formula is C11H10Cl2O3. The second-order valence-electron chi connectivity index (χ2n) is 3.61. The quantitative estimate of drug-likeness (QED) is 0.719. The summed E-state index contributed by atoms with van der Waals surface area (Å²) in [5.74, 6) is 2.60. The van der Waals surface area contributed by atoms with Gasteiger partial charge in [-0.1, -0.05) is 6.07 Å². The van der Waals surface area contributed by atoms with Crippen molar-refractivity contribution in [2.45, 2.75) is 18.8 Å². The number of fused-ring (bicyclic) bond motifs is 1. The van der Waals surface area contributed by atoms with Crippen molar-refractivity contribution in [1.29, 1.82) is 0 Å². The molecule has 0 radical (unpaired) electrons. The number of ether oxygens (including phenoxy) is 2. The fourth-order valence-corrected chi connectivity index (χ4v) is 1.58. The van der Waals surface area contributed by atoms with Crippen molar-refractivity contribution >= 4 is 27.9 Å². The van der Waals surface area contributed by atoms with E-state index in [1.54, 1.807) is 0 Å². The lowest BCUT2D eigenvalue weighted by molar-refractivity contribution is 0.174. The van der Waals surface area contributed by atoms with Crippen LogP contribution >= 0.6 is 23.2 Å². The summed E-state index contributed by atoms with van der Waals surface area (Å²) in [5, 5.41) is 0. The van der Waals surface area contributed by atoms with Gasteiger partial charge in [0.25, 0.3) is 0 Å². The van der Waals surface area contributed by atoms with Gasteiger partial charge in [-0.25, -0.2) is 0 Å². The monoisotopic (exact) mass is 260 g/mol. The molecule has 3 nitrogen and oxygen atoms in total. The molecule has 0 saturated heterocycles. The first-order valence-electron chi connectivity index (χ1n) is 4.91. The van der Waals surface area contributed by atoms with Crippen LogP contribution in [0, 0.1) is 0 Å². The summed E-state index contributed by atoms with van der Waals surface area (Å²) in [6.07, 6.45) is 2.67. The van der Waals surface area contributed by atoms with Gasteiger partial charge in [0.05, 0.1) is 0 Å². The van der Waals surface area contributed by atoms with Gasteiger partial charge in [0.2, 0.25) is 6.79 Å². The highest BCUT2D eigenvalue weighted by Gasteiger charge is 2.25. The first kappa shape index (κ1) is 11.6. The zero-order valence-electron chi connectivity index (χ0n) is 8.41. The average Bonchev–Trinajstić information content (AvgIpc) is 2.95. The molecule has 0 unspecified atom stereocenters. The number of carbonyl (C=O) groups is 1. The summed E-state index contributed by atoms with van der Waals surface area (Å²) < 4.78 is 9.64. The Bertz CT molecular complexity index is 398. The molecule has 86 valence electrons. The molecule has 16 heavy (non-hydrogen) atoms. The molecule has 0 amide bonds. The van der Waals surface area contributed by atoms with Crippen LogP contribution in [0.4, 0.5) is 4.79 Å². The number of halogens is 2. The summed E-state index contributed by atoms with van der Waals surface area (Å²) in [4.78, 5) is 8.98.